The number of methoxy groups -OCH3 is 2. The first-order valence-electron chi connectivity index (χ1n) is 5.71. The Bertz CT molecular complexity index is 270. The molecule has 2 unspecified atom stereocenters. The summed E-state index contributed by atoms with van der Waals surface area (Å²) in [6.45, 7) is 4.05. The molecule has 0 aliphatic rings. The molecule has 7 nitrogen and oxygen atoms in total. The van der Waals surface area contributed by atoms with E-state index >= 15 is 0 Å². The number of carbonyl (C=O) groups excluding carboxylic acids is 1. The second-order valence-electron chi connectivity index (χ2n) is 4.23. The summed E-state index contributed by atoms with van der Waals surface area (Å²) in [6, 6.07) is -1.44. The molecule has 0 saturated heterocycles. The number of ether oxygens (including phenoxy) is 2. The molecule has 3 N–H and O–H groups in total. The van der Waals surface area contributed by atoms with Crippen LogP contribution in [0, 0.1) is 5.92 Å². The Balaban J connectivity index is 4.13. The molecule has 2 amide bonds. The maximum Gasteiger partial charge on any atom is 0.326 e. The predicted octanol–water partition coefficient (Wildman–Crippen LogP) is 0.0562. The van der Waals surface area contributed by atoms with E-state index in [9.17, 15) is 9.59 Å². The Morgan fingerprint density at radius 2 is 1.89 bits per heavy atom. The monoisotopic (exact) mass is 262 g/mol. The van der Waals surface area contributed by atoms with Crippen molar-refractivity contribution in [1.82, 2.24) is 10.6 Å². The van der Waals surface area contributed by atoms with Crippen molar-refractivity contribution >= 4 is 12.0 Å². The van der Waals surface area contributed by atoms with Gasteiger partial charge in [0.15, 0.2) is 0 Å². The van der Waals surface area contributed by atoms with Gasteiger partial charge >= 0.3 is 12.0 Å². The van der Waals surface area contributed by atoms with Gasteiger partial charge in [0.05, 0.1) is 12.7 Å². The van der Waals surface area contributed by atoms with Crippen LogP contribution in [0.2, 0.25) is 0 Å². The summed E-state index contributed by atoms with van der Waals surface area (Å²) in [4.78, 5) is 22.4. The largest absolute Gasteiger partial charge is 0.480 e. The van der Waals surface area contributed by atoms with E-state index in [2.05, 4.69) is 10.6 Å². The van der Waals surface area contributed by atoms with Gasteiger partial charge in [0.2, 0.25) is 0 Å². The van der Waals surface area contributed by atoms with E-state index in [0.29, 0.717) is 6.61 Å². The molecule has 0 bridgehead atoms. The molecular formula is C11H22N2O5. The van der Waals surface area contributed by atoms with Crippen LogP contribution in [0.5, 0.6) is 0 Å². The zero-order valence-electron chi connectivity index (χ0n) is 11.2. The minimum absolute atomic E-state index is 0.189. The van der Waals surface area contributed by atoms with E-state index in [1.807, 2.05) is 0 Å². The molecule has 2 atom stereocenters. The van der Waals surface area contributed by atoms with Gasteiger partial charge in [-0.1, -0.05) is 13.8 Å². The second kappa shape index (κ2) is 8.71. The van der Waals surface area contributed by atoms with Crippen molar-refractivity contribution in [3.63, 3.8) is 0 Å². The summed E-state index contributed by atoms with van der Waals surface area (Å²) in [7, 11) is 3.04. The van der Waals surface area contributed by atoms with E-state index in [-0.39, 0.29) is 18.6 Å². The summed E-state index contributed by atoms with van der Waals surface area (Å²) in [5, 5.41) is 13.8. The smallest absolute Gasteiger partial charge is 0.326 e. The maximum atomic E-state index is 11.5. The van der Waals surface area contributed by atoms with Gasteiger partial charge in [-0.25, -0.2) is 9.59 Å². The number of hydrogen-bond donors (Lipinski definition) is 3. The van der Waals surface area contributed by atoms with Crippen LogP contribution in [0.3, 0.4) is 0 Å². The third kappa shape index (κ3) is 6.41. The molecule has 0 spiro atoms. The number of carbonyl (C=O) groups is 2. The lowest BCUT2D eigenvalue weighted by molar-refractivity contribution is -0.140. The van der Waals surface area contributed by atoms with Gasteiger partial charge < -0.3 is 25.2 Å². The molecule has 0 rings (SSSR count). The first kappa shape index (κ1) is 16.7. The van der Waals surface area contributed by atoms with Gasteiger partial charge in [-0.15, -0.1) is 0 Å². The molecule has 7 heteroatoms. The van der Waals surface area contributed by atoms with E-state index in [1.54, 1.807) is 13.8 Å². The average Bonchev–Trinajstić information content (AvgIpc) is 2.30. The fourth-order valence-electron chi connectivity index (χ4n) is 1.31. The van der Waals surface area contributed by atoms with E-state index in [1.165, 1.54) is 14.2 Å². The number of aliphatic carboxylic acids is 1. The van der Waals surface area contributed by atoms with Gasteiger partial charge in [-0.3, -0.25) is 0 Å². The summed E-state index contributed by atoms with van der Waals surface area (Å²) >= 11 is 0. The molecule has 18 heavy (non-hydrogen) atoms. The van der Waals surface area contributed by atoms with Gasteiger partial charge in [0, 0.05) is 20.8 Å². The molecule has 0 aromatic rings. The number of urea groups is 1. The molecule has 0 saturated carbocycles. The van der Waals surface area contributed by atoms with Crippen LogP contribution in [0.4, 0.5) is 4.79 Å². The van der Waals surface area contributed by atoms with E-state index < -0.39 is 18.0 Å². The molecule has 106 valence electrons. The Hall–Kier alpha value is -1.34. The fourth-order valence-corrected chi connectivity index (χ4v) is 1.31. The predicted molar refractivity (Wildman–Crippen MR) is 65.5 cm³/mol. The van der Waals surface area contributed by atoms with Gasteiger partial charge in [0.1, 0.15) is 6.04 Å². The summed E-state index contributed by atoms with van der Waals surface area (Å²) in [5.41, 5.74) is 0. The Kier molecular flexibility index (Phi) is 8.06. The highest BCUT2D eigenvalue weighted by Crippen LogP contribution is 2.01. The Morgan fingerprint density at radius 3 is 2.28 bits per heavy atom. The lowest BCUT2D eigenvalue weighted by Crippen LogP contribution is -2.50. The van der Waals surface area contributed by atoms with Crippen LogP contribution in [0.25, 0.3) is 0 Å². The molecule has 0 fully saturated rings. The molecule has 0 heterocycles. The summed E-state index contributed by atoms with van der Waals surface area (Å²) in [5.74, 6) is -1.24. The highest BCUT2D eigenvalue weighted by atomic mass is 16.5. The van der Waals surface area contributed by atoms with Crippen LogP contribution in [-0.2, 0) is 14.3 Å². The lowest BCUT2D eigenvalue weighted by Gasteiger charge is -2.20. The number of amides is 2. The standard InChI is InChI=1S/C11H22N2O5/c1-7(2)9(10(14)15)13-11(16)12-5-8(18-4)6-17-3/h7-9H,5-6H2,1-4H3,(H,14,15)(H2,12,13,16). The first-order chi connectivity index (χ1) is 8.42. The highest BCUT2D eigenvalue weighted by molar-refractivity contribution is 5.82. The zero-order chi connectivity index (χ0) is 14.1. The molecule has 0 radical (unpaired) electrons. The maximum absolute atomic E-state index is 11.5. The number of hydrogen-bond acceptors (Lipinski definition) is 4. The SMILES string of the molecule is COCC(CNC(=O)NC(C(=O)O)C(C)C)OC. The minimum atomic E-state index is -1.06. The van der Waals surface area contributed by atoms with Crippen LogP contribution in [0.1, 0.15) is 13.8 Å². The van der Waals surface area contributed by atoms with Gasteiger partial charge in [0.25, 0.3) is 0 Å². The van der Waals surface area contributed by atoms with Crippen LogP contribution >= 0.6 is 0 Å². The molecule has 0 aromatic carbocycles. The second-order valence-corrected chi connectivity index (χ2v) is 4.23. The van der Waals surface area contributed by atoms with E-state index in [4.69, 9.17) is 14.6 Å². The zero-order valence-corrected chi connectivity index (χ0v) is 11.2. The van der Waals surface area contributed by atoms with Gasteiger partial charge in [-0.05, 0) is 5.92 Å². The normalized spacial score (nSPS) is 14.1. The van der Waals surface area contributed by atoms with Crippen LogP contribution in [0.15, 0.2) is 0 Å². The number of carboxylic acids is 1. The molecular weight excluding hydrogens is 240 g/mol. The summed E-state index contributed by atoms with van der Waals surface area (Å²) in [6.07, 6.45) is -0.261. The third-order valence-corrected chi connectivity index (χ3v) is 2.40. The molecule has 0 aliphatic carbocycles. The number of carboxylic acid groups (broad SMARTS) is 1. The lowest BCUT2D eigenvalue weighted by atomic mass is 10.1. The topological polar surface area (TPSA) is 96.9 Å². The van der Waals surface area contributed by atoms with Gasteiger partial charge in [-0.2, -0.15) is 0 Å². The van der Waals surface area contributed by atoms with Crippen LogP contribution < -0.4 is 10.6 Å². The van der Waals surface area contributed by atoms with Crippen molar-refractivity contribution in [3.05, 3.63) is 0 Å². The third-order valence-electron chi connectivity index (χ3n) is 2.40. The molecule has 0 aromatic heterocycles. The minimum Gasteiger partial charge on any atom is -0.480 e. The van der Waals surface area contributed by atoms with Crippen LogP contribution in [-0.4, -0.2) is 56.6 Å². The first-order valence-corrected chi connectivity index (χ1v) is 5.71. The quantitative estimate of drug-likeness (QED) is 0.574. The average molecular weight is 262 g/mol. The number of nitrogens with one attached hydrogen (secondary N) is 2. The Morgan fingerprint density at radius 1 is 1.28 bits per heavy atom. The fraction of sp³-hybridized carbons (Fsp3) is 0.818. The summed E-state index contributed by atoms with van der Waals surface area (Å²) < 4.78 is 9.95. The molecule has 0 aliphatic heterocycles. The van der Waals surface area contributed by atoms with Crippen molar-refractivity contribution in [3.8, 4) is 0 Å². The number of rotatable bonds is 8. The van der Waals surface area contributed by atoms with Crippen molar-refractivity contribution in [2.75, 3.05) is 27.4 Å². The van der Waals surface area contributed by atoms with Crippen molar-refractivity contribution in [2.24, 2.45) is 5.92 Å². The van der Waals surface area contributed by atoms with E-state index in [0.717, 1.165) is 0 Å². The highest BCUT2D eigenvalue weighted by Gasteiger charge is 2.23. The van der Waals surface area contributed by atoms with Crippen molar-refractivity contribution in [2.45, 2.75) is 26.0 Å². The van der Waals surface area contributed by atoms with Crippen molar-refractivity contribution < 1.29 is 24.2 Å². The van der Waals surface area contributed by atoms with Crippen molar-refractivity contribution in [1.29, 1.82) is 0 Å². The Labute approximate surface area is 107 Å².